The molecule has 3 heteroatoms. The Kier molecular flexibility index (Phi) is 6.01. The summed E-state index contributed by atoms with van der Waals surface area (Å²) in [6.45, 7) is 2.11. The van der Waals surface area contributed by atoms with E-state index < -0.39 is 12.2 Å². The van der Waals surface area contributed by atoms with Crippen molar-refractivity contribution in [3.63, 3.8) is 0 Å². The third-order valence-corrected chi connectivity index (χ3v) is 2.93. The highest BCUT2D eigenvalue weighted by molar-refractivity contribution is 5.26. The lowest BCUT2D eigenvalue weighted by atomic mass is 10.00. The molecule has 0 fully saturated rings. The number of phenols is 1. The molecule has 0 aliphatic rings. The number of unbranched alkanes of at least 4 members (excludes halogenated alkanes) is 2. The van der Waals surface area contributed by atoms with E-state index in [4.69, 9.17) is 5.11 Å². The molecule has 0 spiro atoms. The third-order valence-electron chi connectivity index (χ3n) is 2.93. The van der Waals surface area contributed by atoms with Crippen LogP contribution in [0.5, 0.6) is 5.75 Å². The summed E-state index contributed by atoms with van der Waals surface area (Å²) in [4.78, 5) is 0. The van der Waals surface area contributed by atoms with Crippen LogP contribution in [0.3, 0.4) is 0 Å². The summed E-state index contributed by atoms with van der Waals surface area (Å²) >= 11 is 0. The van der Waals surface area contributed by atoms with E-state index in [9.17, 15) is 10.2 Å². The van der Waals surface area contributed by atoms with Crippen molar-refractivity contribution in [1.29, 1.82) is 0 Å². The number of aliphatic hydroxyl groups is 2. The van der Waals surface area contributed by atoms with Crippen molar-refractivity contribution in [3.05, 3.63) is 29.8 Å². The molecular formula is C14H22O3. The number of aromatic hydroxyl groups is 1. The van der Waals surface area contributed by atoms with E-state index in [2.05, 4.69) is 6.92 Å². The van der Waals surface area contributed by atoms with Gasteiger partial charge in [-0.1, -0.05) is 38.3 Å². The SMILES string of the molecule is CCCCCC(O)C(O)Cc1ccc(O)cc1. The number of phenolic OH excluding ortho intramolecular Hbond substituents is 1. The summed E-state index contributed by atoms with van der Waals surface area (Å²) in [5.74, 6) is 0.215. The summed E-state index contributed by atoms with van der Waals surface area (Å²) in [5, 5.41) is 28.7. The first kappa shape index (κ1) is 14.0. The first-order valence-corrected chi connectivity index (χ1v) is 6.27. The Morgan fingerprint density at radius 3 is 2.24 bits per heavy atom. The standard InChI is InChI=1S/C14H22O3/c1-2-3-4-5-13(16)14(17)10-11-6-8-12(15)9-7-11/h6-9,13-17H,2-5,10H2,1H3. The van der Waals surface area contributed by atoms with Crippen LogP contribution in [0.2, 0.25) is 0 Å². The maximum atomic E-state index is 9.83. The summed E-state index contributed by atoms with van der Waals surface area (Å²) in [5.41, 5.74) is 0.921. The van der Waals surface area contributed by atoms with Gasteiger partial charge in [-0.05, 0) is 24.1 Å². The highest BCUT2D eigenvalue weighted by Crippen LogP contribution is 2.14. The van der Waals surface area contributed by atoms with Gasteiger partial charge in [-0.15, -0.1) is 0 Å². The lowest BCUT2D eigenvalue weighted by Crippen LogP contribution is -2.27. The van der Waals surface area contributed by atoms with Gasteiger partial charge in [-0.25, -0.2) is 0 Å². The molecule has 17 heavy (non-hydrogen) atoms. The van der Waals surface area contributed by atoms with Crippen LogP contribution >= 0.6 is 0 Å². The second-order valence-corrected chi connectivity index (χ2v) is 4.50. The zero-order valence-electron chi connectivity index (χ0n) is 10.3. The Bertz CT molecular complexity index is 308. The fourth-order valence-corrected chi connectivity index (χ4v) is 1.81. The van der Waals surface area contributed by atoms with Gasteiger partial charge in [0.2, 0.25) is 0 Å². The van der Waals surface area contributed by atoms with Gasteiger partial charge in [0, 0.05) is 6.42 Å². The molecule has 0 bridgehead atoms. The summed E-state index contributed by atoms with van der Waals surface area (Å²) in [6.07, 6.45) is 2.83. The Balaban J connectivity index is 2.37. The van der Waals surface area contributed by atoms with Crippen LogP contribution in [0.25, 0.3) is 0 Å². The molecule has 0 radical (unpaired) electrons. The van der Waals surface area contributed by atoms with E-state index in [-0.39, 0.29) is 5.75 Å². The maximum Gasteiger partial charge on any atom is 0.115 e. The quantitative estimate of drug-likeness (QED) is 0.638. The monoisotopic (exact) mass is 238 g/mol. The van der Waals surface area contributed by atoms with Crippen LogP contribution < -0.4 is 0 Å². The molecule has 3 N–H and O–H groups in total. The lowest BCUT2D eigenvalue weighted by Gasteiger charge is -2.17. The number of hydrogen-bond acceptors (Lipinski definition) is 3. The number of benzene rings is 1. The molecule has 3 nitrogen and oxygen atoms in total. The second kappa shape index (κ2) is 7.30. The fourth-order valence-electron chi connectivity index (χ4n) is 1.81. The highest BCUT2D eigenvalue weighted by Gasteiger charge is 2.16. The van der Waals surface area contributed by atoms with Gasteiger partial charge in [0.1, 0.15) is 5.75 Å². The molecule has 1 rings (SSSR count). The maximum absolute atomic E-state index is 9.83. The van der Waals surface area contributed by atoms with Crippen molar-refractivity contribution in [2.45, 2.75) is 51.2 Å². The number of hydrogen-bond donors (Lipinski definition) is 3. The van der Waals surface area contributed by atoms with Crippen molar-refractivity contribution in [2.24, 2.45) is 0 Å². The van der Waals surface area contributed by atoms with E-state index in [0.29, 0.717) is 12.8 Å². The number of rotatable bonds is 7. The topological polar surface area (TPSA) is 60.7 Å². The summed E-state index contributed by atoms with van der Waals surface area (Å²) < 4.78 is 0. The van der Waals surface area contributed by atoms with Gasteiger partial charge in [-0.3, -0.25) is 0 Å². The zero-order valence-corrected chi connectivity index (χ0v) is 10.3. The molecule has 1 aromatic carbocycles. The molecule has 0 heterocycles. The molecule has 0 amide bonds. The predicted molar refractivity (Wildman–Crippen MR) is 68.0 cm³/mol. The van der Waals surface area contributed by atoms with E-state index in [1.807, 2.05) is 0 Å². The van der Waals surface area contributed by atoms with Gasteiger partial charge in [0.05, 0.1) is 12.2 Å². The van der Waals surface area contributed by atoms with Gasteiger partial charge in [0.25, 0.3) is 0 Å². The Morgan fingerprint density at radius 1 is 1.00 bits per heavy atom. The van der Waals surface area contributed by atoms with Crippen molar-refractivity contribution in [1.82, 2.24) is 0 Å². The molecule has 1 aromatic rings. The minimum atomic E-state index is -0.726. The molecule has 0 aromatic heterocycles. The van der Waals surface area contributed by atoms with Crippen LogP contribution in [0, 0.1) is 0 Å². The second-order valence-electron chi connectivity index (χ2n) is 4.50. The molecule has 2 atom stereocenters. The molecular weight excluding hydrogens is 216 g/mol. The van der Waals surface area contributed by atoms with Crippen LogP contribution in [0.15, 0.2) is 24.3 Å². The molecule has 0 saturated heterocycles. The summed E-state index contributed by atoms with van der Waals surface area (Å²) in [7, 11) is 0. The largest absolute Gasteiger partial charge is 0.508 e. The predicted octanol–water partition coefficient (Wildman–Crippen LogP) is 2.24. The van der Waals surface area contributed by atoms with Gasteiger partial charge < -0.3 is 15.3 Å². The van der Waals surface area contributed by atoms with Crippen molar-refractivity contribution in [3.8, 4) is 5.75 Å². The Labute approximate surface area is 103 Å². The van der Waals surface area contributed by atoms with Crippen molar-refractivity contribution in [2.75, 3.05) is 0 Å². The first-order valence-electron chi connectivity index (χ1n) is 6.27. The van der Waals surface area contributed by atoms with Gasteiger partial charge >= 0.3 is 0 Å². The molecule has 2 unspecified atom stereocenters. The highest BCUT2D eigenvalue weighted by atomic mass is 16.3. The zero-order chi connectivity index (χ0) is 12.7. The minimum absolute atomic E-state index is 0.215. The smallest absolute Gasteiger partial charge is 0.115 e. The fraction of sp³-hybridized carbons (Fsp3) is 0.571. The van der Waals surface area contributed by atoms with Crippen LogP contribution in [-0.4, -0.2) is 27.5 Å². The van der Waals surface area contributed by atoms with E-state index in [1.54, 1.807) is 24.3 Å². The van der Waals surface area contributed by atoms with Gasteiger partial charge in [0.15, 0.2) is 0 Å². The Hall–Kier alpha value is -1.06. The van der Waals surface area contributed by atoms with Crippen LogP contribution in [-0.2, 0) is 6.42 Å². The average Bonchev–Trinajstić information content (AvgIpc) is 2.32. The third kappa shape index (κ3) is 5.20. The summed E-state index contributed by atoms with van der Waals surface area (Å²) in [6, 6.07) is 6.70. The average molecular weight is 238 g/mol. The van der Waals surface area contributed by atoms with Crippen molar-refractivity contribution >= 4 is 0 Å². The first-order chi connectivity index (χ1) is 8.13. The van der Waals surface area contributed by atoms with Crippen LogP contribution in [0.1, 0.15) is 38.2 Å². The van der Waals surface area contributed by atoms with E-state index >= 15 is 0 Å². The van der Waals surface area contributed by atoms with E-state index in [0.717, 1.165) is 24.8 Å². The minimum Gasteiger partial charge on any atom is -0.508 e. The van der Waals surface area contributed by atoms with Crippen LogP contribution in [0.4, 0.5) is 0 Å². The lowest BCUT2D eigenvalue weighted by molar-refractivity contribution is 0.0138. The molecule has 0 aliphatic heterocycles. The molecule has 96 valence electrons. The molecule has 0 aliphatic carbocycles. The van der Waals surface area contributed by atoms with E-state index in [1.165, 1.54) is 0 Å². The van der Waals surface area contributed by atoms with Gasteiger partial charge in [-0.2, -0.15) is 0 Å². The molecule has 0 saturated carbocycles. The Morgan fingerprint density at radius 2 is 1.65 bits per heavy atom. The number of aliphatic hydroxyl groups excluding tert-OH is 2. The normalized spacial score (nSPS) is 14.5. The van der Waals surface area contributed by atoms with Crippen molar-refractivity contribution < 1.29 is 15.3 Å².